The Morgan fingerprint density at radius 3 is 3.00 bits per heavy atom. The maximum absolute atomic E-state index is 12.1. The molecule has 23 heavy (non-hydrogen) atoms. The van der Waals surface area contributed by atoms with E-state index < -0.39 is 0 Å². The number of carbonyl (C=O) groups excluding carboxylic acids is 1. The number of hydrogen-bond donors (Lipinski definition) is 1. The first-order valence-electron chi connectivity index (χ1n) is 7.53. The molecule has 0 saturated heterocycles. The molecule has 0 bridgehead atoms. The number of halogens is 1. The maximum Gasteiger partial charge on any atom is 0.258 e. The fraction of sp³-hybridized carbons (Fsp3) is 0.278. The van der Waals surface area contributed by atoms with Gasteiger partial charge in [-0.05, 0) is 36.8 Å². The van der Waals surface area contributed by atoms with Gasteiger partial charge in [0.2, 0.25) is 0 Å². The van der Waals surface area contributed by atoms with Crippen LogP contribution in [0.25, 0.3) is 0 Å². The van der Waals surface area contributed by atoms with Crippen LogP contribution in [-0.4, -0.2) is 19.1 Å². The molecule has 1 aliphatic heterocycles. The van der Waals surface area contributed by atoms with Crippen LogP contribution < -0.4 is 14.8 Å². The second-order valence-corrected chi connectivity index (χ2v) is 5.90. The number of ether oxygens (including phenoxy) is 2. The number of rotatable bonds is 4. The quantitative estimate of drug-likeness (QED) is 0.930. The highest BCUT2D eigenvalue weighted by Crippen LogP contribution is 2.31. The van der Waals surface area contributed by atoms with Crippen LogP contribution in [0.15, 0.2) is 42.5 Å². The van der Waals surface area contributed by atoms with Crippen molar-refractivity contribution in [3.05, 3.63) is 58.6 Å². The molecule has 0 fully saturated rings. The molecule has 0 unspecified atom stereocenters. The molecule has 0 spiro atoms. The molecule has 4 nitrogen and oxygen atoms in total. The average Bonchev–Trinajstić information content (AvgIpc) is 2.56. The molecule has 2 aromatic rings. The lowest BCUT2D eigenvalue weighted by molar-refractivity contribution is -0.124. The van der Waals surface area contributed by atoms with Crippen molar-refractivity contribution in [1.29, 1.82) is 0 Å². The molecular weight excluding hydrogens is 314 g/mol. The van der Waals surface area contributed by atoms with Crippen LogP contribution in [0, 0.1) is 6.92 Å². The van der Waals surface area contributed by atoms with Gasteiger partial charge in [-0.1, -0.05) is 29.8 Å². The van der Waals surface area contributed by atoms with Gasteiger partial charge < -0.3 is 14.8 Å². The molecule has 1 atom stereocenters. The molecule has 1 aliphatic rings. The lowest BCUT2D eigenvalue weighted by Gasteiger charge is -2.26. The Labute approximate surface area is 140 Å². The van der Waals surface area contributed by atoms with Gasteiger partial charge >= 0.3 is 0 Å². The molecule has 0 radical (unpaired) electrons. The number of nitrogens with one attached hydrogen (secondary N) is 1. The number of benzene rings is 2. The number of carbonyl (C=O) groups is 1. The monoisotopic (exact) mass is 331 g/mol. The zero-order valence-corrected chi connectivity index (χ0v) is 13.6. The predicted molar refractivity (Wildman–Crippen MR) is 89.1 cm³/mol. The number of amides is 1. The van der Waals surface area contributed by atoms with Crippen molar-refractivity contribution in [3.8, 4) is 11.5 Å². The van der Waals surface area contributed by atoms with E-state index in [1.165, 1.54) is 0 Å². The third kappa shape index (κ3) is 3.77. The molecule has 5 heteroatoms. The van der Waals surface area contributed by atoms with Crippen molar-refractivity contribution in [2.24, 2.45) is 0 Å². The van der Waals surface area contributed by atoms with E-state index in [0.29, 0.717) is 17.4 Å². The van der Waals surface area contributed by atoms with Crippen LogP contribution in [0.2, 0.25) is 5.02 Å². The molecule has 1 N–H and O–H groups in total. The first kappa shape index (κ1) is 15.7. The van der Waals surface area contributed by atoms with Gasteiger partial charge in [-0.3, -0.25) is 4.79 Å². The number of fused-ring (bicyclic) bond motifs is 1. The Balaban J connectivity index is 1.59. The minimum Gasteiger partial charge on any atom is -0.493 e. The van der Waals surface area contributed by atoms with Crippen molar-refractivity contribution in [1.82, 2.24) is 5.32 Å². The number of hydrogen-bond acceptors (Lipinski definition) is 3. The Kier molecular flexibility index (Phi) is 4.72. The third-order valence-electron chi connectivity index (χ3n) is 3.79. The smallest absolute Gasteiger partial charge is 0.258 e. The van der Waals surface area contributed by atoms with Gasteiger partial charge in [0, 0.05) is 17.0 Å². The summed E-state index contributed by atoms with van der Waals surface area (Å²) in [6.07, 6.45) is 0.753. The van der Waals surface area contributed by atoms with Crippen molar-refractivity contribution >= 4 is 17.5 Å². The fourth-order valence-corrected chi connectivity index (χ4v) is 2.70. The normalized spacial score (nSPS) is 16.2. The minimum absolute atomic E-state index is 0.0272. The maximum atomic E-state index is 12.1. The third-order valence-corrected chi connectivity index (χ3v) is 4.22. The highest BCUT2D eigenvalue weighted by atomic mass is 35.5. The minimum atomic E-state index is -0.153. The number of aryl methyl sites for hydroxylation is 1. The van der Waals surface area contributed by atoms with E-state index >= 15 is 0 Å². The van der Waals surface area contributed by atoms with Gasteiger partial charge in [-0.25, -0.2) is 0 Å². The molecule has 2 aromatic carbocycles. The van der Waals surface area contributed by atoms with Crippen LogP contribution in [-0.2, 0) is 4.79 Å². The van der Waals surface area contributed by atoms with Gasteiger partial charge in [0.05, 0.1) is 12.6 Å². The summed E-state index contributed by atoms with van der Waals surface area (Å²) in [6.45, 7) is 2.47. The van der Waals surface area contributed by atoms with E-state index in [2.05, 4.69) is 5.32 Å². The first-order chi connectivity index (χ1) is 11.1. The Hall–Kier alpha value is -2.20. The SMILES string of the molecule is Cc1cc(OCC(=O)N[C@H]2CCOc3ccccc32)ccc1Cl. The van der Waals surface area contributed by atoms with E-state index in [0.717, 1.165) is 23.3 Å². The number of para-hydroxylation sites is 1. The largest absolute Gasteiger partial charge is 0.493 e. The van der Waals surface area contributed by atoms with Gasteiger partial charge in [-0.15, -0.1) is 0 Å². The van der Waals surface area contributed by atoms with Gasteiger partial charge in [0.25, 0.3) is 5.91 Å². The second kappa shape index (κ2) is 6.92. The highest BCUT2D eigenvalue weighted by molar-refractivity contribution is 6.31. The summed E-state index contributed by atoms with van der Waals surface area (Å²) in [4.78, 5) is 12.1. The summed E-state index contributed by atoms with van der Waals surface area (Å²) in [5.41, 5.74) is 1.93. The molecule has 0 aliphatic carbocycles. The summed E-state index contributed by atoms with van der Waals surface area (Å²) in [7, 11) is 0. The van der Waals surface area contributed by atoms with E-state index in [9.17, 15) is 4.79 Å². The molecular formula is C18H18ClNO3. The highest BCUT2D eigenvalue weighted by Gasteiger charge is 2.22. The summed E-state index contributed by atoms with van der Waals surface area (Å²) < 4.78 is 11.1. The summed E-state index contributed by atoms with van der Waals surface area (Å²) in [5, 5.41) is 3.68. The zero-order valence-electron chi connectivity index (χ0n) is 12.8. The van der Waals surface area contributed by atoms with Crippen molar-refractivity contribution in [2.45, 2.75) is 19.4 Å². The molecule has 0 aromatic heterocycles. The van der Waals surface area contributed by atoms with Gasteiger partial charge in [-0.2, -0.15) is 0 Å². The molecule has 1 heterocycles. The van der Waals surface area contributed by atoms with Crippen molar-refractivity contribution < 1.29 is 14.3 Å². The predicted octanol–water partition coefficient (Wildman–Crippen LogP) is 3.67. The molecule has 120 valence electrons. The summed E-state index contributed by atoms with van der Waals surface area (Å²) in [5.74, 6) is 1.31. The van der Waals surface area contributed by atoms with E-state index in [4.69, 9.17) is 21.1 Å². The molecule has 3 rings (SSSR count). The van der Waals surface area contributed by atoms with Crippen molar-refractivity contribution in [3.63, 3.8) is 0 Å². The Morgan fingerprint density at radius 1 is 1.35 bits per heavy atom. The topological polar surface area (TPSA) is 47.6 Å². The van der Waals surface area contributed by atoms with Crippen molar-refractivity contribution in [2.75, 3.05) is 13.2 Å². The van der Waals surface area contributed by atoms with Crippen LogP contribution in [0.1, 0.15) is 23.6 Å². The second-order valence-electron chi connectivity index (χ2n) is 5.49. The van der Waals surface area contributed by atoms with E-state index in [-0.39, 0.29) is 18.6 Å². The van der Waals surface area contributed by atoms with Crippen LogP contribution in [0.3, 0.4) is 0 Å². The lowest BCUT2D eigenvalue weighted by Crippen LogP contribution is -2.35. The van der Waals surface area contributed by atoms with E-state index in [1.54, 1.807) is 12.1 Å². The summed E-state index contributed by atoms with van der Waals surface area (Å²) >= 11 is 5.97. The fourth-order valence-electron chi connectivity index (χ4n) is 2.58. The first-order valence-corrected chi connectivity index (χ1v) is 7.91. The zero-order chi connectivity index (χ0) is 16.2. The average molecular weight is 332 g/mol. The Bertz CT molecular complexity index is 717. The van der Waals surface area contributed by atoms with E-state index in [1.807, 2.05) is 37.3 Å². The molecule has 1 amide bonds. The molecule has 0 saturated carbocycles. The summed E-state index contributed by atoms with van der Waals surface area (Å²) in [6, 6.07) is 13.1. The van der Waals surface area contributed by atoms with Gasteiger partial charge in [0.15, 0.2) is 6.61 Å². The van der Waals surface area contributed by atoms with Crippen LogP contribution >= 0.6 is 11.6 Å². The Morgan fingerprint density at radius 2 is 2.17 bits per heavy atom. The van der Waals surface area contributed by atoms with Crippen LogP contribution in [0.5, 0.6) is 11.5 Å². The standard InChI is InChI=1S/C18H18ClNO3/c1-12-10-13(6-7-15(12)19)23-11-18(21)20-16-8-9-22-17-5-3-2-4-14(16)17/h2-7,10,16H,8-9,11H2,1H3,(H,20,21)/t16-/m0/s1. The van der Waals surface area contributed by atoms with Crippen LogP contribution in [0.4, 0.5) is 0 Å². The lowest BCUT2D eigenvalue weighted by atomic mass is 10.0. The van der Waals surface area contributed by atoms with Gasteiger partial charge in [0.1, 0.15) is 11.5 Å².